The van der Waals surface area contributed by atoms with E-state index in [2.05, 4.69) is 39.7 Å². The van der Waals surface area contributed by atoms with Crippen LogP contribution in [0, 0.1) is 0 Å². The highest BCUT2D eigenvalue weighted by atomic mass is 16.6. The van der Waals surface area contributed by atoms with E-state index in [9.17, 15) is 4.79 Å². The third-order valence-corrected chi connectivity index (χ3v) is 3.90. The molecule has 0 bridgehead atoms. The van der Waals surface area contributed by atoms with E-state index in [1.807, 2.05) is 4.68 Å². The van der Waals surface area contributed by atoms with Gasteiger partial charge >= 0.3 is 5.97 Å². The highest BCUT2D eigenvalue weighted by molar-refractivity contribution is 5.89. The average molecular weight is 344 g/mol. The standard InChI is InChI=1S/C19H24N2O4/c1-12(2)15-11-14(20-21(15)19(3,4)5)18(22)25-13-6-7-16-17(10-13)24-9-8-23-16/h6-7,10-12H,8-9H2,1-5H3. The molecule has 25 heavy (non-hydrogen) atoms. The summed E-state index contributed by atoms with van der Waals surface area (Å²) in [7, 11) is 0. The van der Waals surface area contributed by atoms with Crippen LogP contribution >= 0.6 is 0 Å². The second-order valence-corrected chi connectivity index (χ2v) is 7.39. The quantitative estimate of drug-likeness (QED) is 0.627. The van der Waals surface area contributed by atoms with Gasteiger partial charge in [-0.1, -0.05) is 13.8 Å². The van der Waals surface area contributed by atoms with Crippen LogP contribution in [0.2, 0.25) is 0 Å². The number of ether oxygens (including phenoxy) is 3. The maximum absolute atomic E-state index is 12.5. The molecule has 0 atom stereocenters. The van der Waals surface area contributed by atoms with Gasteiger partial charge in [0.05, 0.1) is 5.54 Å². The topological polar surface area (TPSA) is 62.6 Å². The maximum atomic E-state index is 12.5. The highest BCUT2D eigenvalue weighted by Crippen LogP contribution is 2.34. The smallest absolute Gasteiger partial charge is 0.364 e. The fourth-order valence-corrected chi connectivity index (χ4v) is 2.69. The summed E-state index contributed by atoms with van der Waals surface area (Å²) in [6, 6.07) is 6.90. The molecule has 1 aromatic carbocycles. The van der Waals surface area contributed by atoms with Crippen molar-refractivity contribution < 1.29 is 19.0 Å². The lowest BCUT2D eigenvalue weighted by molar-refractivity contribution is 0.0725. The van der Waals surface area contributed by atoms with E-state index < -0.39 is 5.97 Å². The summed E-state index contributed by atoms with van der Waals surface area (Å²) < 4.78 is 18.3. The fraction of sp³-hybridized carbons (Fsp3) is 0.474. The molecule has 2 aromatic rings. The molecule has 0 amide bonds. The molecule has 1 aliphatic rings. The molecular formula is C19H24N2O4. The van der Waals surface area contributed by atoms with Crippen molar-refractivity contribution in [1.29, 1.82) is 0 Å². The summed E-state index contributed by atoms with van der Waals surface area (Å²) in [5.74, 6) is 1.42. The molecule has 0 aliphatic carbocycles. The molecule has 6 nitrogen and oxygen atoms in total. The summed E-state index contributed by atoms with van der Waals surface area (Å²) in [4.78, 5) is 12.5. The molecule has 0 spiro atoms. The third kappa shape index (κ3) is 3.62. The first-order valence-electron chi connectivity index (χ1n) is 8.48. The van der Waals surface area contributed by atoms with Crippen molar-refractivity contribution in [3.63, 3.8) is 0 Å². The zero-order chi connectivity index (χ0) is 18.2. The summed E-state index contributed by atoms with van der Waals surface area (Å²) in [6.07, 6.45) is 0. The Balaban J connectivity index is 1.84. The summed E-state index contributed by atoms with van der Waals surface area (Å²) in [6.45, 7) is 11.3. The molecular weight excluding hydrogens is 320 g/mol. The van der Waals surface area contributed by atoms with E-state index in [-0.39, 0.29) is 11.5 Å². The Morgan fingerprint density at radius 1 is 1.16 bits per heavy atom. The minimum absolute atomic E-state index is 0.213. The lowest BCUT2D eigenvalue weighted by atomic mass is 10.1. The Labute approximate surface area is 147 Å². The zero-order valence-electron chi connectivity index (χ0n) is 15.3. The number of esters is 1. The van der Waals surface area contributed by atoms with E-state index >= 15 is 0 Å². The van der Waals surface area contributed by atoms with E-state index in [0.717, 1.165) is 5.69 Å². The maximum Gasteiger partial charge on any atom is 0.364 e. The highest BCUT2D eigenvalue weighted by Gasteiger charge is 2.24. The van der Waals surface area contributed by atoms with Crippen molar-refractivity contribution in [3.05, 3.63) is 35.7 Å². The second-order valence-electron chi connectivity index (χ2n) is 7.39. The van der Waals surface area contributed by atoms with Crippen LogP contribution in [-0.2, 0) is 5.54 Å². The Hall–Kier alpha value is -2.50. The van der Waals surface area contributed by atoms with Gasteiger partial charge in [0.25, 0.3) is 0 Å². The molecule has 1 aliphatic heterocycles. The third-order valence-electron chi connectivity index (χ3n) is 3.90. The number of nitrogens with zero attached hydrogens (tertiary/aromatic N) is 2. The Kier molecular flexibility index (Phi) is 4.45. The Morgan fingerprint density at radius 2 is 1.84 bits per heavy atom. The van der Waals surface area contributed by atoms with Gasteiger partial charge < -0.3 is 14.2 Å². The largest absolute Gasteiger partial charge is 0.486 e. The van der Waals surface area contributed by atoms with E-state index in [1.165, 1.54) is 0 Å². The van der Waals surface area contributed by atoms with Crippen LogP contribution in [0.3, 0.4) is 0 Å². The van der Waals surface area contributed by atoms with Gasteiger partial charge in [0.1, 0.15) is 19.0 Å². The van der Waals surface area contributed by atoms with Crippen LogP contribution in [0.1, 0.15) is 56.7 Å². The van der Waals surface area contributed by atoms with E-state index in [0.29, 0.717) is 36.2 Å². The van der Waals surface area contributed by atoms with Crippen LogP contribution in [0.25, 0.3) is 0 Å². The first-order valence-corrected chi connectivity index (χ1v) is 8.48. The molecule has 6 heteroatoms. The van der Waals surface area contributed by atoms with Gasteiger partial charge in [-0.15, -0.1) is 0 Å². The van der Waals surface area contributed by atoms with Crippen molar-refractivity contribution in [1.82, 2.24) is 9.78 Å². The van der Waals surface area contributed by atoms with Gasteiger partial charge in [-0.2, -0.15) is 5.10 Å². The predicted molar refractivity (Wildman–Crippen MR) is 93.7 cm³/mol. The molecule has 0 N–H and O–H groups in total. The molecule has 0 unspecified atom stereocenters. The molecule has 0 fully saturated rings. The van der Waals surface area contributed by atoms with Crippen molar-refractivity contribution in [2.45, 2.75) is 46.1 Å². The summed E-state index contributed by atoms with van der Waals surface area (Å²) in [5.41, 5.74) is 1.09. The van der Waals surface area contributed by atoms with Crippen LogP contribution in [-0.4, -0.2) is 29.0 Å². The number of benzene rings is 1. The molecule has 0 saturated carbocycles. The second kappa shape index (κ2) is 6.43. The normalized spacial score (nSPS) is 13.8. The first-order chi connectivity index (χ1) is 11.8. The average Bonchev–Trinajstić information content (AvgIpc) is 3.01. The van der Waals surface area contributed by atoms with E-state index in [1.54, 1.807) is 24.3 Å². The number of rotatable bonds is 3. The van der Waals surface area contributed by atoms with Crippen molar-refractivity contribution >= 4 is 5.97 Å². The number of carbonyl (C=O) groups is 1. The number of aromatic nitrogens is 2. The van der Waals surface area contributed by atoms with Crippen molar-refractivity contribution in [2.24, 2.45) is 0 Å². The monoisotopic (exact) mass is 344 g/mol. The van der Waals surface area contributed by atoms with Crippen molar-refractivity contribution in [3.8, 4) is 17.2 Å². The zero-order valence-corrected chi connectivity index (χ0v) is 15.3. The minimum Gasteiger partial charge on any atom is -0.486 e. The number of hydrogen-bond acceptors (Lipinski definition) is 5. The Morgan fingerprint density at radius 3 is 2.44 bits per heavy atom. The number of fused-ring (bicyclic) bond motifs is 1. The number of hydrogen-bond donors (Lipinski definition) is 0. The lowest BCUT2D eigenvalue weighted by Gasteiger charge is -2.23. The van der Waals surface area contributed by atoms with Gasteiger partial charge in [0, 0.05) is 11.8 Å². The summed E-state index contributed by atoms with van der Waals surface area (Å²) >= 11 is 0. The number of carbonyl (C=O) groups excluding carboxylic acids is 1. The van der Waals surface area contributed by atoms with Crippen LogP contribution in [0.4, 0.5) is 0 Å². The first kappa shape index (κ1) is 17.3. The molecule has 1 aromatic heterocycles. The van der Waals surface area contributed by atoms with Crippen LogP contribution in [0.15, 0.2) is 24.3 Å². The predicted octanol–water partition coefficient (Wildman–Crippen LogP) is 3.75. The van der Waals surface area contributed by atoms with Gasteiger partial charge in [-0.25, -0.2) is 4.79 Å². The Bertz CT molecular complexity index is 787. The van der Waals surface area contributed by atoms with Gasteiger partial charge in [0.15, 0.2) is 17.2 Å². The molecule has 0 radical (unpaired) electrons. The molecule has 0 saturated heterocycles. The lowest BCUT2D eigenvalue weighted by Crippen LogP contribution is -2.26. The molecule has 3 rings (SSSR count). The summed E-state index contributed by atoms with van der Waals surface area (Å²) in [5, 5.41) is 4.47. The van der Waals surface area contributed by atoms with Gasteiger partial charge in [-0.05, 0) is 44.9 Å². The van der Waals surface area contributed by atoms with Crippen LogP contribution < -0.4 is 14.2 Å². The van der Waals surface area contributed by atoms with Crippen LogP contribution in [0.5, 0.6) is 17.2 Å². The van der Waals surface area contributed by atoms with Gasteiger partial charge in [0.2, 0.25) is 0 Å². The molecule has 134 valence electrons. The SMILES string of the molecule is CC(C)c1cc(C(=O)Oc2ccc3c(c2)OCCO3)nn1C(C)(C)C. The van der Waals surface area contributed by atoms with Gasteiger partial charge in [-0.3, -0.25) is 4.68 Å². The fourth-order valence-electron chi connectivity index (χ4n) is 2.69. The van der Waals surface area contributed by atoms with Crippen molar-refractivity contribution in [2.75, 3.05) is 13.2 Å². The minimum atomic E-state index is -0.485. The molecule has 2 heterocycles. The van der Waals surface area contributed by atoms with E-state index in [4.69, 9.17) is 14.2 Å².